The molecule has 1 N–H and O–H groups in total. The number of aromatic nitrogens is 3. The average molecular weight is 492 g/mol. The standard InChI is InChI=1S/C26H23Cl2N5O/c1-33(2)25-19-8-10-30-23(15-11-16(27)13-17(28)12-15)24(19)31-14-20(25)26(34)32-22-7-3-6-21-18(22)5-4-9-29-21/h4-5,8-14,22H,3,6-7H2,1-2H3,(H,32,34). The lowest BCUT2D eigenvalue weighted by atomic mass is 9.91. The summed E-state index contributed by atoms with van der Waals surface area (Å²) in [5.41, 5.74) is 5.53. The molecule has 0 fully saturated rings. The van der Waals surface area contributed by atoms with Crippen molar-refractivity contribution in [3.05, 3.63) is 81.9 Å². The van der Waals surface area contributed by atoms with Gasteiger partial charge in [0.25, 0.3) is 5.91 Å². The number of benzene rings is 1. The highest BCUT2D eigenvalue weighted by Crippen LogP contribution is 2.35. The number of carbonyl (C=O) groups excluding carboxylic acids is 1. The molecule has 5 rings (SSSR count). The molecule has 6 nitrogen and oxygen atoms in total. The maximum atomic E-state index is 13.5. The van der Waals surface area contributed by atoms with E-state index in [0.29, 0.717) is 26.8 Å². The topological polar surface area (TPSA) is 71.0 Å². The van der Waals surface area contributed by atoms with Crippen LogP contribution in [0.5, 0.6) is 0 Å². The zero-order valence-corrected chi connectivity index (χ0v) is 20.4. The Labute approximate surface area is 208 Å². The predicted molar refractivity (Wildman–Crippen MR) is 137 cm³/mol. The van der Waals surface area contributed by atoms with Crippen LogP contribution < -0.4 is 10.2 Å². The van der Waals surface area contributed by atoms with E-state index in [9.17, 15) is 4.79 Å². The molecule has 0 saturated heterocycles. The van der Waals surface area contributed by atoms with Crippen molar-refractivity contribution in [3.8, 4) is 11.3 Å². The number of aryl methyl sites for hydroxylation is 1. The predicted octanol–water partition coefficient (Wildman–Crippen LogP) is 5.87. The smallest absolute Gasteiger partial charge is 0.255 e. The van der Waals surface area contributed by atoms with E-state index in [1.807, 2.05) is 37.2 Å². The van der Waals surface area contributed by atoms with E-state index in [1.165, 1.54) is 0 Å². The first-order valence-corrected chi connectivity index (χ1v) is 11.8. The van der Waals surface area contributed by atoms with Crippen molar-refractivity contribution < 1.29 is 4.79 Å². The molecule has 0 radical (unpaired) electrons. The molecule has 1 aromatic carbocycles. The molecule has 34 heavy (non-hydrogen) atoms. The van der Waals surface area contributed by atoms with E-state index >= 15 is 0 Å². The van der Waals surface area contributed by atoms with E-state index in [-0.39, 0.29) is 11.9 Å². The van der Waals surface area contributed by atoms with Gasteiger partial charge >= 0.3 is 0 Å². The molecule has 0 spiro atoms. The van der Waals surface area contributed by atoms with Crippen molar-refractivity contribution in [2.45, 2.75) is 25.3 Å². The van der Waals surface area contributed by atoms with Crippen molar-refractivity contribution in [2.24, 2.45) is 0 Å². The minimum atomic E-state index is -0.163. The van der Waals surface area contributed by atoms with Gasteiger partial charge in [-0.25, -0.2) is 0 Å². The second kappa shape index (κ2) is 9.20. The summed E-state index contributed by atoms with van der Waals surface area (Å²) in [4.78, 5) is 29.1. The third-order valence-corrected chi connectivity index (χ3v) is 6.53. The number of nitrogens with zero attached hydrogens (tertiary/aromatic N) is 4. The SMILES string of the molecule is CN(C)c1c(C(=O)NC2CCCc3ncccc32)cnc2c(-c3cc(Cl)cc(Cl)c3)nccc12. The Balaban J connectivity index is 1.58. The first-order valence-electron chi connectivity index (χ1n) is 11.1. The third kappa shape index (κ3) is 4.19. The van der Waals surface area contributed by atoms with Crippen molar-refractivity contribution >= 4 is 45.7 Å². The molecule has 1 unspecified atom stereocenters. The lowest BCUT2D eigenvalue weighted by Gasteiger charge is -2.26. The summed E-state index contributed by atoms with van der Waals surface area (Å²) in [5, 5.41) is 5.08. The Morgan fingerprint density at radius 3 is 2.62 bits per heavy atom. The molecular weight excluding hydrogens is 469 g/mol. The van der Waals surface area contributed by atoms with Gasteiger partial charge < -0.3 is 10.2 Å². The number of fused-ring (bicyclic) bond motifs is 2. The van der Waals surface area contributed by atoms with Crippen LogP contribution in [0.4, 0.5) is 5.69 Å². The van der Waals surface area contributed by atoms with Crippen LogP contribution in [0.1, 0.15) is 40.5 Å². The van der Waals surface area contributed by atoms with Gasteiger partial charge in [-0.3, -0.25) is 19.7 Å². The van der Waals surface area contributed by atoms with Crippen LogP contribution in [0.3, 0.4) is 0 Å². The summed E-state index contributed by atoms with van der Waals surface area (Å²) < 4.78 is 0. The van der Waals surface area contributed by atoms with Crippen molar-refractivity contribution in [3.63, 3.8) is 0 Å². The Morgan fingerprint density at radius 2 is 1.85 bits per heavy atom. The molecule has 3 heterocycles. The van der Waals surface area contributed by atoms with Gasteiger partial charge in [-0.1, -0.05) is 29.3 Å². The monoisotopic (exact) mass is 491 g/mol. The Hall–Kier alpha value is -3.22. The zero-order chi connectivity index (χ0) is 23.8. The molecular formula is C26H23Cl2N5O. The van der Waals surface area contributed by atoms with Gasteiger partial charge in [-0.2, -0.15) is 0 Å². The van der Waals surface area contributed by atoms with Crippen LogP contribution in [0.2, 0.25) is 10.0 Å². The molecule has 1 aliphatic rings. The quantitative estimate of drug-likeness (QED) is 0.386. The molecule has 4 aromatic rings. The molecule has 0 bridgehead atoms. The molecule has 1 atom stereocenters. The number of hydrogen-bond acceptors (Lipinski definition) is 5. The van der Waals surface area contributed by atoms with Crippen LogP contribution in [-0.4, -0.2) is 35.0 Å². The number of nitrogens with one attached hydrogen (secondary N) is 1. The summed E-state index contributed by atoms with van der Waals surface area (Å²) in [5.74, 6) is -0.163. The van der Waals surface area contributed by atoms with Crippen LogP contribution in [0, 0.1) is 0 Å². The lowest BCUT2D eigenvalue weighted by Crippen LogP contribution is -2.32. The van der Waals surface area contributed by atoms with Crippen molar-refractivity contribution in [1.82, 2.24) is 20.3 Å². The normalized spacial score (nSPS) is 15.1. The van der Waals surface area contributed by atoms with E-state index < -0.39 is 0 Å². The van der Waals surface area contributed by atoms with Crippen LogP contribution in [-0.2, 0) is 6.42 Å². The maximum Gasteiger partial charge on any atom is 0.255 e. The van der Waals surface area contributed by atoms with Gasteiger partial charge in [0.05, 0.1) is 28.5 Å². The third-order valence-electron chi connectivity index (χ3n) is 6.10. The summed E-state index contributed by atoms with van der Waals surface area (Å²) >= 11 is 12.5. The van der Waals surface area contributed by atoms with Crippen molar-refractivity contribution in [1.29, 1.82) is 0 Å². The summed E-state index contributed by atoms with van der Waals surface area (Å²) in [6.45, 7) is 0. The Morgan fingerprint density at radius 1 is 1.06 bits per heavy atom. The lowest BCUT2D eigenvalue weighted by molar-refractivity contribution is 0.0933. The number of anilines is 1. The Bertz CT molecular complexity index is 1390. The first-order chi connectivity index (χ1) is 16.4. The summed E-state index contributed by atoms with van der Waals surface area (Å²) in [7, 11) is 3.84. The van der Waals surface area contributed by atoms with Crippen molar-refractivity contribution in [2.75, 3.05) is 19.0 Å². The highest BCUT2D eigenvalue weighted by atomic mass is 35.5. The van der Waals surface area contributed by atoms with E-state index in [2.05, 4.69) is 20.3 Å². The maximum absolute atomic E-state index is 13.5. The molecule has 1 amide bonds. The molecule has 1 aliphatic carbocycles. The fourth-order valence-electron chi connectivity index (χ4n) is 4.65. The van der Waals surface area contributed by atoms with Gasteiger partial charge in [-0.05, 0) is 55.2 Å². The molecule has 0 saturated carbocycles. The van der Waals surface area contributed by atoms with Gasteiger partial charge in [0, 0.05) is 59.4 Å². The van der Waals surface area contributed by atoms with Crippen LogP contribution in [0.25, 0.3) is 22.2 Å². The largest absolute Gasteiger partial charge is 0.376 e. The highest BCUT2D eigenvalue weighted by molar-refractivity contribution is 6.35. The number of amides is 1. The number of carbonyl (C=O) groups is 1. The number of halogens is 2. The zero-order valence-electron chi connectivity index (χ0n) is 18.8. The van der Waals surface area contributed by atoms with Gasteiger partial charge in [0.2, 0.25) is 0 Å². The molecule has 3 aromatic heterocycles. The second-order valence-corrected chi connectivity index (χ2v) is 9.46. The minimum absolute atomic E-state index is 0.0720. The fourth-order valence-corrected chi connectivity index (χ4v) is 5.18. The van der Waals surface area contributed by atoms with Gasteiger partial charge in [-0.15, -0.1) is 0 Å². The molecule has 0 aliphatic heterocycles. The van der Waals surface area contributed by atoms with Gasteiger partial charge in [0.15, 0.2) is 0 Å². The van der Waals surface area contributed by atoms with Crippen LogP contribution in [0.15, 0.2) is 55.0 Å². The highest BCUT2D eigenvalue weighted by Gasteiger charge is 2.25. The first kappa shape index (κ1) is 22.6. The second-order valence-electron chi connectivity index (χ2n) is 8.59. The van der Waals surface area contributed by atoms with E-state index in [1.54, 1.807) is 36.8 Å². The van der Waals surface area contributed by atoms with Crippen LogP contribution >= 0.6 is 23.2 Å². The number of hydrogen-bond donors (Lipinski definition) is 1. The fraction of sp³-hybridized carbons (Fsp3) is 0.231. The summed E-state index contributed by atoms with van der Waals surface area (Å²) in [6.07, 6.45) is 7.95. The van der Waals surface area contributed by atoms with E-state index in [4.69, 9.17) is 23.2 Å². The van der Waals surface area contributed by atoms with E-state index in [0.717, 1.165) is 47.2 Å². The average Bonchev–Trinajstić information content (AvgIpc) is 2.82. The Kier molecular flexibility index (Phi) is 6.11. The molecule has 172 valence electrons. The van der Waals surface area contributed by atoms with Gasteiger partial charge in [0.1, 0.15) is 0 Å². The minimum Gasteiger partial charge on any atom is -0.376 e. The number of rotatable bonds is 4. The molecule has 8 heteroatoms. The summed E-state index contributed by atoms with van der Waals surface area (Å²) in [6, 6.07) is 11.1. The number of pyridine rings is 3.